The van der Waals surface area contributed by atoms with E-state index >= 15 is 0 Å². The molecule has 0 amide bonds. The van der Waals surface area contributed by atoms with E-state index in [9.17, 15) is 0 Å². The van der Waals surface area contributed by atoms with E-state index in [2.05, 4.69) is 0 Å². The Labute approximate surface area is 83.9 Å². The van der Waals surface area contributed by atoms with E-state index < -0.39 is 0 Å². The van der Waals surface area contributed by atoms with E-state index in [1.54, 1.807) is 0 Å². The van der Waals surface area contributed by atoms with E-state index in [1.807, 2.05) is 32.0 Å². The van der Waals surface area contributed by atoms with Crippen LogP contribution < -0.4 is 29.6 Å². The molecule has 0 aromatic heterocycles. The Hall–Kier alpha value is 0.0200. The summed E-state index contributed by atoms with van der Waals surface area (Å²) in [5, 5.41) is 0. The molecule has 1 rings (SSSR count). The van der Waals surface area contributed by atoms with Gasteiger partial charge in [-0.3, -0.25) is 0 Å². The monoisotopic (exact) mass is 143 g/mol. The summed E-state index contributed by atoms with van der Waals surface area (Å²) in [6.45, 7) is 3.91. The molecular weight excluding hydrogens is 133 g/mol. The molecule has 2 heteroatoms. The molecule has 0 aliphatic rings. The topological polar surface area (TPSA) is 23.8 Å². The summed E-state index contributed by atoms with van der Waals surface area (Å²) in [6.07, 6.45) is 0. The normalized spacial score (nSPS) is 8.60. The molecule has 0 atom stereocenters. The molecule has 1 aromatic carbocycles. The van der Waals surface area contributed by atoms with Crippen LogP contribution in [-0.2, 0) is 0 Å². The first-order valence-corrected chi connectivity index (χ1v) is 2.99. The molecule has 10 heavy (non-hydrogen) atoms. The molecule has 0 bridgehead atoms. The average Bonchev–Trinajstić information content (AvgIpc) is 1.83. The maximum absolute atomic E-state index is 7.44. The van der Waals surface area contributed by atoms with E-state index in [1.165, 1.54) is 0 Å². The van der Waals surface area contributed by atoms with Gasteiger partial charge in [0.05, 0.1) is 0 Å². The van der Waals surface area contributed by atoms with Crippen LogP contribution in [0.1, 0.15) is 11.1 Å². The van der Waals surface area contributed by atoms with Crippen LogP contribution in [0.4, 0.5) is 5.69 Å². The van der Waals surface area contributed by atoms with Crippen molar-refractivity contribution in [3.8, 4) is 0 Å². The minimum Gasteiger partial charge on any atom is -0.698 e. The third kappa shape index (κ3) is 2.01. The van der Waals surface area contributed by atoms with Gasteiger partial charge in [0.1, 0.15) is 0 Å². The maximum Gasteiger partial charge on any atom is 1.00 e. The second kappa shape index (κ2) is 4.02. The van der Waals surface area contributed by atoms with Gasteiger partial charge in [-0.25, -0.2) is 0 Å². The summed E-state index contributed by atoms with van der Waals surface area (Å²) in [6, 6.07) is 5.88. The fraction of sp³-hybridized carbons (Fsp3) is 0.250. The molecule has 1 nitrogen and oxygen atoms in total. The second-order valence-corrected chi connectivity index (χ2v) is 2.27. The van der Waals surface area contributed by atoms with Crippen molar-refractivity contribution in [3.05, 3.63) is 35.1 Å². The molecule has 0 aliphatic heterocycles. The molecule has 0 saturated carbocycles. The van der Waals surface area contributed by atoms with Crippen molar-refractivity contribution in [2.24, 2.45) is 0 Å². The van der Waals surface area contributed by atoms with Crippen LogP contribution in [0.3, 0.4) is 0 Å². The molecule has 1 aromatic rings. The molecule has 0 saturated heterocycles. The third-order valence-corrected chi connectivity index (χ3v) is 1.48. The van der Waals surface area contributed by atoms with Crippen molar-refractivity contribution in [1.29, 1.82) is 0 Å². The van der Waals surface area contributed by atoms with Gasteiger partial charge in [-0.1, -0.05) is 29.3 Å². The Morgan fingerprint density at radius 3 is 1.80 bits per heavy atom. The van der Waals surface area contributed by atoms with Crippen molar-refractivity contribution in [3.63, 3.8) is 0 Å². The summed E-state index contributed by atoms with van der Waals surface area (Å²) in [7, 11) is 0. The Kier molecular flexibility index (Phi) is 4.02. The number of benzene rings is 1. The van der Waals surface area contributed by atoms with Crippen LogP contribution in [0.25, 0.3) is 5.73 Å². The first-order valence-electron chi connectivity index (χ1n) is 2.99. The van der Waals surface area contributed by atoms with E-state index in [-0.39, 0.29) is 29.6 Å². The molecular formula is C8H10NNa. The molecule has 0 radical (unpaired) electrons. The Morgan fingerprint density at radius 2 is 1.50 bits per heavy atom. The zero-order valence-electron chi connectivity index (χ0n) is 6.73. The van der Waals surface area contributed by atoms with Gasteiger partial charge in [-0.15, -0.1) is 5.69 Å². The van der Waals surface area contributed by atoms with Crippen molar-refractivity contribution in [2.45, 2.75) is 13.8 Å². The largest absolute Gasteiger partial charge is 1.00 e. The number of hydrogen-bond donors (Lipinski definition) is 0. The molecule has 0 spiro atoms. The van der Waals surface area contributed by atoms with Gasteiger partial charge < -0.3 is 5.73 Å². The number of rotatable bonds is 0. The predicted molar refractivity (Wildman–Crippen MR) is 39.9 cm³/mol. The van der Waals surface area contributed by atoms with Crippen LogP contribution in [0.2, 0.25) is 0 Å². The Morgan fingerprint density at radius 1 is 1.10 bits per heavy atom. The van der Waals surface area contributed by atoms with Gasteiger partial charge >= 0.3 is 29.6 Å². The summed E-state index contributed by atoms with van der Waals surface area (Å²) < 4.78 is 0. The molecule has 48 valence electrons. The first-order chi connectivity index (χ1) is 4.22. The SMILES string of the molecule is Cc1cccc(C)c1[NH-].[Na+]. The molecule has 0 unspecified atom stereocenters. The predicted octanol–water partition coefficient (Wildman–Crippen LogP) is -0.00886. The number of aryl methyl sites for hydroxylation is 2. The van der Waals surface area contributed by atoms with Crippen LogP contribution in [-0.4, -0.2) is 0 Å². The van der Waals surface area contributed by atoms with Crippen molar-refractivity contribution < 1.29 is 29.6 Å². The van der Waals surface area contributed by atoms with Crippen molar-refractivity contribution in [1.82, 2.24) is 0 Å². The first kappa shape index (κ1) is 10.0. The van der Waals surface area contributed by atoms with Crippen LogP contribution in [0.5, 0.6) is 0 Å². The summed E-state index contributed by atoms with van der Waals surface area (Å²) >= 11 is 0. The van der Waals surface area contributed by atoms with Gasteiger partial charge in [-0.2, -0.15) is 0 Å². The molecule has 1 N–H and O–H groups in total. The Balaban J connectivity index is 0.000000810. The quantitative estimate of drug-likeness (QED) is 0.456. The summed E-state index contributed by atoms with van der Waals surface area (Å²) in [5.74, 6) is 0. The Bertz CT molecular complexity index is 200. The molecule has 0 heterocycles. The number of hydrogen-bond acceptors (Lipinski definition) is 0. The number of nitrogens with one attached hydrogen (secondary N) is 1. The van der Waals surface area contributed by atoms with E-state index in [0.717, 1.165) is 11.1 Å². The molecule has 0 aliphatic carbocycles. The van der Waals surface area contributed by atoms with Crippen molar-refractivity contribution >= 4 is 5.69 Å². The van der Waals surface area contributed by atoms with Gasteiger partial charge in [-0.05, 0) is 13.8 Å². The summed E-state index contributed by atoms with van der Waals surface area (Å²) in [5.41, 5.74) is 10.2. The van der Waals surface area contributed by atoms with Gasteiger partial charge in [0.2, 0.25) is 0 Å². The fourth-order valence-electron chi connectivity index (χ4n) is 0.814. The fourth-order valence-corrected chi connectivity index (χ4v) is 0.814. The van der Waals surface area contributed by atoms with Crippen molar-refractivity contribution in [2.75, 3.05) is 0 Å². The van der Waals surface area contributed by atoms with Crippen LogP contribution in [0.15, 0.2) is 18.2 Å². The van der Waals surface area contributed by atoms with Gasteiger partial charge in [0.25, 0.3) is 0 Å². The van der Waals surface area contributed by atoms with Gasteiger partial charge in [0.15, 0.2) is 0 Å². The smallest absolute Gasteiger partial charge is 0.698 e. The average molecular weight is 143 g/mol. The van der Waals surface area contributed by atoms with E-state index in [4.69, 9.17) is 5.73 Å². The minimum absolute atomic E-state index is 0. The zero-order chi connectivity index (χ0) is 6.85. The standard InChI is InChI=1S/C8H10N.Na/c1-6-4-3-5-7(2)8(6)9;/h3-5,9H,1-2H3;/q-1;+1. The van der Waals surface area contributed by atoms with Crippen LogP contribution in [0, 0.1) is 13.8 Å². The van der Waals surface area contributed by atoms with Crippen LogP contribution >= 0.6 is 0 Å². The second-order valence-electron chi connectivity index (χ2n) is 2.27. The summed E-state index contributed by atoms with van der Waals surface area (Å²) in [4.78, 5) is 0. The zero-order valence-corrected chi connectivity index (χ0v) is 8.73. The van der Waals surface area contributed by atoms with Gasteiger partial charge in [0, 0.05) is 0 Å². The van der Waals surface area contributed by atoms with E-state index in [0.29, 0.717) is 5.69 Å². The third-order valence-electron chi connectivity index (χ3n) is 1.48. The maximum atomic E-state index is 7.44. The minimum atomic E-state index is 0. The molecule has 0 fully saturated rings.